The molecular weight excluding hydrogens is 248 g/mol. The standard InChI is InChI=1S/C18H16O2/c1-14-17(11-12-19-14)13-20-18-9-7-16(8-10-18)15-5-3-2-4-6-15/h2-12H,13H2,1H3. The minimum atomic E-state index is 0.535. The topological polar surface area (TPSA) is 22.4 Å². The summed E-state index contributed by atoms with van der Waals surface area (Å²) in [7, 11) is 0. The second-order valence-electron chi connectivity index (χ2n) is 4.68. The van der Waals surface area contributed by atoms with E-state index in [4.69, 9.17) is 9.15 Å². The Hall–Kier alpha value is -2.48. The highest BCUT2D eigenvalue weighted by molar-refractivity contribution is 5.63. The molecule has 0 fully saturated rings. The highest BCUT2D eigenvalue weighted by Gasteiger charge is 2.03. The van der Waals surface area contributed by atoms with Crippen LogP contribution in [0.15, 0.2) is 71.3 Å². The van der Waals surface area contributed by atoms with Crippen LogP contribution in [0.1, 0.15) is 11.3 Å². The first-order valence-electron chi connectivity index (χ1n) is 6.64. The van der Waals surface area contributed by atoms with Crippen molar-refractivity contribution >= 4 is 0 Å². The Labute approximate surface area is 118 Å². The zero-order valence-corrected chi connectivity index (χ0v) is 11.4. The monoisotopic (exact) mass is 264 g/mol. The maximum absolute atomic E-state index is 5.76. The summed E-state index contributed by atoms with van der Waals surface area (Å²) < 4.78 is 11.0. The van der Waals surface area contributed by atoms with E-state index in [9.17, 15) is 0 Å². The molecule has 0 aliphatic heterocycles. The van der Waals surface area contributed by atoms with E-state index in [0.717, 1.165) is 17.1 Å². The molecule has 0 bridgehead atoms. The van der Waals surface area contributed by atoms with E-state index >= 15 is 0 Å². The van der Waals surface area contributed by atoms with Crippen molar-refractivity contribution in [3.8, 4) is 16.9 Å². The van der Waals surface area contributed by atoms with Crippen LogP contribution in [-0.2, 0) is 6.61 Å². The van der Waals surface area contributed by atoms with Gasteiger partial charge < -0.3 is 9.15 Å². The average molecular weight is 264 g/mol. The van der Waals surface area contributed by atoms with E-state index < -0.39 is 0 Å². The molecule has 2 aromatic carbocycles. The van der Waals surface area contributed by atoms with Gasteiger partial charge in [-0.1, -0.05) is 42.5 Å². The van der Waals surface area contributed by atoms with Crippen molar-refractivity contribution in [1.82, 2.24) is 0 Å². The lowest BCUT2D eigenvalue weighted by Gasteiger charge is -2.07. The first kappa shape index (κ1) is 12.5. The van der Waals surface area contributed by atoms with Crippen LogP contribution in [0.2, 0.25) is 0 Å². The van der Waals surface area contributed by atoms with Crippen molar-refractivity contribution in [3.05, 3.63) is 78.3 Å². The highest BCUT2D eigenvalue weighted by Crippen LogP contribution is 2.23. The van der Waals surface area contributed by atoms with Crippen molar-refractivity contribution in [3.63, 3.8) is 0 Å². The van der Waals surface area contributed by atoms with Crippen LogP contribution in [0.4, 0.5) is 0 Å². The summed E-state index contributed by atoms with van der Waals surface area (Å²) in [5, 5.41) is 0. The van der Waals surface area contributed by atoms with Gasteiger partial charge in [0.25, 0.3) is 0 Å². The number of hydrogen-bond donors (Lipinski definition) is 0. The molecular formula is C18H16O2. The normalized spacial score (nSPS) is 10.4. The molecule has 0 unspecified atom stereocenters. The summed E-state index contributed by atoms with van der Waals surface area (Å²) in [4.78, 5) is 0. The van der Waals surface area contributed by atoms with E-state index in [0.29, 0.717) is 6.61 Å². The summed E-state index contributed by atoms with van der Waals surface area (Å²) >= 11 is 0. The molecule has 0 radical (unpaired) electrons. The Morgan fingerprint density at radius 1 is 0.850 bits per heavy atom. The van der Waals surface area contributed by atoms with Crippen LogP contribution < -0.4 is 4.74 Å². The van der Waals surface area contributed by atoms with Crippen LogP contribution in [-0.4, -0.2) is 0 Å². The van der Waals surface area contributed by atoms with Gasteiger partial charge in [0.2, 0.25) is 0 Å². The Balaban J connectivity index is 1.69. The molecule has 20 heavy (non-hydrogen) atoms. The lowest BCUT2D eigenvalue weighted by Crippen LogP contribution is -1.95. The molecule has 0 amide bonds. The first-order valence-corrected chi connectivity index (χ1v) is 6.64. The van der Waals surface area contributed by atoms with Crippen LogP contribution in [0.5, 0.6) is 5.75 Å². The van der Waals surface area contributed by atoms with E-state index in [1.54, 1.807) is 6.26 Å². The maximum atomic E-state index is 5.76. The van der Waals surface area contributed by atoms with Crippen LogP contribution in [0, 0.1) is 6.92 Å². The van der Waals surface area contributed by atoms with Crippen LogP contribution in [0.25, 0.3) is 11.1 Å². The van der Waals surface area contributed by atoms with Gasteiger partial charge in [-0.25, -0.2) is 0 Å². The number of furan rings is 1. The molecule has 1 heterocycles. The fourth-order valence-corrected chi connectivity index (χ4v) is 2.10. The fraction of sp³-hybridized carbons (Fsp3) is 0.111. The van der Waals surface area contributed by atoms with Crippen molar-refractivity contribution in [2.24, 2.45) is 0 Å². The second-order valence-corrected chi connectivity index (χ2v) is 4.68. The largest absolute Gasteiger partial charge is 0.489 e. The van der Waals surface area contributed by atoms with Gasteiger partial charge in [-0.15, -0.1) is 0 Å². The Morgan fingerprint density at radius 2 is 1.55 bits per heavy atom. The molecule has 0 spiro atoms. The van der Waals surface area contributed by atoms with E-state index in [2.05, 4.69) is 24.3 Å². The molecule has 0 aliphatic carbocycles. The van der Waals surface area contributed by atoms with Crippen molar-refractivity contribution in [2.45, 2.75) is 13.5 Å². The fourth-order valence-electron chi connectivity index (χ4n) is 2.10. The smallest absolute Gasteiger partial charge is 0.119 e. The van der Waals surface area contributed by atoms with Gasteiger partial charge in [0, 0.05) is 5.56 Å². The molecule has 0 N–H and O–H groups in total. The molecule has 100 valence electrons. The minimum Gasteiger partial charge on any atom is -0.489 e. The lowest BCUT2D eigenvalue weighted by atomic mass is 10.1. The molecule has 0 aliphatic rings. The Morgan fingerprint density at radius 3 is 2.20 bits per heavy atom. The number of aryl methyl sites for hydroxylation is 1. The number of hydrogen-bond acceptors (Lipinski definition) is 2. The van der Waals surface area contributed by atoms with Gasteiger partial charge in [-0.05, 0) is 36.2 Å². The summed E-state index contributed by atoms with van der Waals surface area (Å²) in [5.74, 6) is 1.77. The maximum Gasteiger partial charge on any atom is 0.119 e. The molecule has 2 nitrogen and oxygen atoms in total. The predicted molar refractivity (Wildman–Crippen MR) is 79.7 cm³/mol. The van der Waals surface area contributed by atoms with Crippen molar-refractivity contribution in [1.29, 1.82) is 0 Å². The van der Waals surface area contributed by atoms with Gasteiger partial charge in [0.15, 0.2) is 0 Å². The highest BCUT2D eigenvalue weighted by atomic mass is 16.5. The summed E-state index contributed by atoms with van der Waals surface area (Å²) in [6, 6.07) is 20.4. The van der Waals surface area contributed by atoms with E-state index in [1.807, 2.05) is 43.3 Å². The third-order valence-electron chi connectivity index (χ3n) is 3.32. The van der Waals surface area contributed by atoms with Gasteiger partial charge in [0.05, 0.1) is 6.26 Å². The third kappa shape index (κ3) is 2.75. The van der Waals surface area contributed by atoms with Crippen molar-refractivity contribution in [2.75, 3.05) is 0 Å². The summed E-state index contributed by atoms with van der Waals surface area (Å²) in [6.45, 7) is 2.48. The molecule has 0 saturated heterocycles. The van der Waals surface area contributed by atoms with Crippen molar-refractivity contribution < 1.29 is 9.15 Å². The molecule has 3 aromatic rings. The minimum absolute atomic E-state index is 0.535. The van der Waals surface area contributed by atoms with Gasteiger partial charge in [0.1, 0.15) is 18.1 Å². The molecule has 0 atom stereocenters. The second kappa shape index (κ2) is 5.66. The third-order valence-corrected chi connectivity index (χ3v) is 3.32. The Bertz CT molecular complexity index is 666. The quantitative estimate of drug-likeness (QED) is 0.673. The van der Waals surface area contributed by atoms with Gasteiger partial charge >= 0.3 is 0 Å². The summed E-state index contributed by atoms with van der Waals surface area (Å²) in [5.41, 5.74) is 3.49. The molecule has 0 saturated carbocycles. The average Bonchev–Trinajstić information content (AvgIpc) is 2.92. The SMILES string of the molecule is Cc1occc1COc1ccc(-c2ccccc2)cc1. The summed E-state index contributed by atoms with van der Waals surface area (Å²) in [6.07, 6.45) is 1.69. The molecule has 3 rings (SSSR count). The predicted octanol–water partition coefficient (Wildman–Crippen LogP) is 4.83. The van der Waals surface area contributed by atoms with E-state index in [1.165, 1.54) is 11.1 Å². The first-order chi connectivity index (χ1) is 9.83. The molecule has 2 heteroatoms. The lowest BCUT2D eigenvalue weighted by molar-refractivity contribution is 0.303. The Kier molecular flexibility index (Phi) is 3.55. The number of ether oxygens (including phenoxy) is 1. The number of rotatable bonds is 4. The van der Waals surface area contributed by atoms with Gasteiger partial charge in [-0.3, -0.25) is 0 Å². The van der Waals surface area contributed by atoms with Crippen LogP contribution >= 0.6 is 0 Å². The zero-order valence-electron chi connectivity index (χ0n) is 11.4. The van der Waals surface area contributed by atoms with Crippen LogP contribution in [0.3, 0.4) is 0 Å². The number of benzene rings is 2. The zero-order chi connectivity index (χ0) is 13.8. The van der Waals surface area contributed by atoms with E-state index in [-0.39, 0.29) is 0 Å². The van der Waals surface area contributed by atoms with Gasteiger partial charge in [-0.2, -0.15) is 0 Å². The molecule has 1 aromatic heterocycles.